The quantitative estimate of drug-likeness (QED) is 0.269. The summed E-state index contributed by atoms with van der Waals surface area (Å²) in [7, 11) is 0. The van der Waals surface area contributed by atoms with Crippen molar-refractivity contribution in [3.8, 4) is 5.75 Å². The van der Waals surface area contributed by atoms with Gasteiger partial charge in [-0.15, -0.1) is 0 Å². The number of carbonyl (C=O) groups is 1. The minimum atomic E-state index is -0.227. The summed E-state index contributed by atoms with van der Waals surface area (Å²) in [5.41, 5.74) is 1.42. The predicted octanol–water partition coefficient (Wildman–Crippen LogP) is 6.44. The molecule has 0 saturated heterocycles. The smallest absolute Gasteiger partial charge is 0.317 e. The molecule has 0 atom stereocenters. The molecule has 1 aromatic rings. The first-order chi connectivity index (χ1) is 13.1. The molecule has 1 aromatic carbocycles. The zero-order valence-corrected chi connectivity index (χ0v) is 17.2. The second-order valence-corrected chi connectivity index (χ2v) is 8.82. The molecule has 0 N–H and O–H groups in total. The Balaban J connectivity index is 1.52. The first-order valence-electron chi connectivity index (χ1n) is 11.0. The molecule has 0 aliphatic heterocycles. The fraction of sp³-hybridized carbons (Fsp3) is 0.708. The highest BCUT2D eigenvalue weighted by atomic mass is 16.5. The van der Waals surface area contributed by atoms with Gasteiger partial charge in [0.15, 0.2) is 0 Å². The van der Waals surface area contributed by atoms with Crippen molar-refractivity contribution in [3.63, 3.8) is 0 Å². The van der Waals surface area contributed by atoms with Crippen LogP contribution in [0, 0.1) is 10.8 Å². The van der Waals surface area contributed by atoms with E-state index in [-0.39, 0.29) is 11.4 Å². The van der Waals surface area contributed by atoms with Crippen molar-refractivity contribution in [3.05, 3.63) is 29.8 Å². The number of unbranched alkanes of at least 4 members (excludes halogenated alkanes) is 2. The molecule has 0 aromatic heterocycles. The molecule has 3 fully saturated rings. The number of rotatable bonds is 10. The number of hydrogen-bond acceptors (Lipinski definition) is 3. The Labute approximate surface area is 164 Å². The molecule has 0 spiro atoms. The van der Waals surface area contributed by atoms with Gasteiger partial charge in [0.05, 0.1) is 12.0 Å². The summed E-state index contributed by atoms with van der Waals surface area (Å²) in [5, 5.41) is 0. The minimum absolute atomic E-state index is 0.000610. The van der Waals surface area contributed by atoms with E-state index < -0.39 is 0 Å². The van der Waals surface area contributed by atoms with Gasteiger partial charge in [-0.2, -0.15) is 0 Å². The number of benzene rings is 1. The average Bonchev–Trinajstić information content (AvgIpc) is 2.71. The predicted molar refractivity (Wildman–Crippen MR) is 109 cm³/mol. The van der Waals surface area contributed by atoms with Gasteiger partial charge in [0, 0.05) is 6.61 Å². The topological polar surface area (TPSA) is 35.5 Å². The lowest BCUT2D eigenvalue weighted by Crippen LogP contribution is -2.47. The average molecular weight is 373 g/mol. The van der Waals surface area contributed by atoms with Gasteiger partial charge in [-0.3, -0.25) is 4.79 Å². The normalized spacial score (nSPS) is 26.9. The monoisotopic (exact) mass is 372 g/mol. The lowest BCUT2D eigenvalue weighted by molar-refractivity contribution is -0.156. The standard InChI is InChI=1S/C24H36O3/c1-3-5-6-11-23-12-15-24(16-13-23,17-14-23)22(25)27-21-9-7-20(8-10-21)19-26-18-4-2/h7-10H,3-6,11-19H2,1-2H3. The highest BCUT2D eigenvalue weighted by Crippen LogP contribution is 2.59. The van der Waals surface area contributed by atoms with E-state index in [0.29, 0.717) is 17.8 Å². The summed E-state index contributed by atoms with van der Waals surface area (Å²) in [6, 6.07) is 7.80. The maximum atomic E-state index is 13.0. The van der Waals surface area contributed by atoms with Gasteiger partial charge in [0.1, 0.15) is 5.75 Å². The Morgan fingerprint density at radius 3 is 2.19 bits per heavy atom. The van der Waals surface area contributed by atoms with E-state index in [1.807, 2.05) is 24.3 Å². The highest BCUT2D eigenvalue weighted by Gasteiger charge is 2.52. The summed E-state index contributed by atoms with van der Waals surface area (Å²) in [6.45, 7) is 5.77. The third-order valence-corrected chi connectivity index (χ3v) is 6.90. The third-order valence-electron chi connectivity index (χ3n) is 6.90. The van der Waals surface area contributed by atoms with E-state index in [1.165, 1.54) is 44.9 Å². The fourth-order valence-corrected chi connectivity index (χ4v) is 4.90. The largest absolute Gasteiger partial charge is 0.426 e. The maximum Gasteiger partial charge on any atom is 0.317 e. The van der Waals surface area contributed by atoms with Crippen LogP contribution in [0.1, 0.15) is 90.0 Å². The van der Waals surface area contributed by atoms with Crippen LogP contribution >= 0.6 is 0 Å². The molecule has 27 heavy (non-hydrogen) atoms. The van der Waals surface area contributed by atoms with E-state index in [1.54, 1.807) is 0 Å². The van der Waals surface area contributed by atoms with Gasteiger partial charge in [-0.05, 0) is 74.5 Å². The minimum Gasteiger partial charge on any atom is -0.426 e. The number of fused-ring (bicyclic) bond motifs is 3. The zero-order chi connectivity index (χ0) is 19.2. The molecular weight excluding hydrogens is 336 g/mol. The van der Waals surface area contributed by atoms with Gasteiger partial charge in [0.25, 0.3) is 0 Å². The molecule has 4 rings (SSSR count). The van der Waals surface area contributed by atoms with E-state index in [2.05, 4.69) is 13.8 Å². The number of esters is 1. The first-order valence-corrected chi connectivity index (χ1v) is 11.0. The van der Waals surface area contributed by atoms with Crippen molar-refractivity contribution in [1.29, 1.82) is 0 Å². The summed E-state index contributed by atoms with van der Waals surface area (Å²) < 4.78 is 11.4. The first kappa shape index (κ1) is 20.4. The molecule has 0 radical (unpaired) electrons. The molecule has 3 heteroatoms. The second-order valence-electron chi connectivity index (χ2n) is 8.82. The maximum absolute atomic E-state index is 13.0. The fourth-order valence-electron chi connectivity index (χ4n) is 4.90. The highest BCUT2D eigenvalue weighted by molar-refractivity contribution is 5.79. The van der Waals surface area contributed by atoms with Gasteiger partial charge >= 0.3 is 5.97 Å². The van der Waals surface area contributed by atoms with Crippen LogP contribution in [0.5, 0.6) is 5.75 Å². The molecule has 0 unspecified atom stereocenters. The Morgan fingerprint density at radius 1 is 0.926 bits per heavy atom. The summed E-state index contributed by atoms with van der Waals surface area (Å²) in [4.78, 5) is 13.0. The van der Waals surface area contributed by atoms with Crippen LogP contribution in [0.2, 0.25) is 0 Å². The summed E-state index contributed by atoms with van der Waals surface area (Å²) in [5.74, 6) is 0.665. The van der Waals surface area contributed by atoms with Crippen LogP contribution in [0.4, 0.5) is 0 Å². The second kappa shape index (κ2) is 9.23. The number of hydrogen-bond donors (Lipinski definition) is 0. The zero-order valence-electron chi connectivity index (χ0n) is 17.2. The van der Waals surface area contributed by atoms with Gasteiger partial charge in [-0.1, -0.05) is 45.2 Å². The molecule has 0 amide bonds. The van der Waals surface area contributed by atoms with Crippen LogP contribution in [-0.2, 0) is 16.1 Å². The Hall–Kier alpha value is -1.35. The van der Waals surface area contributed by atoms with Crippen molar-refractivity contribution in [1.82, 2.24) is 0 Å². The van der Waals surface area contributed by atoms with Gasteiger partial charge < -0.3 is 9.47 Å². The van der Waals surface area contributed by atoms with Crippen LogP contribution in [-0.4, -0.2) is 12.6 Å². The third kappa shape index (κ3) is 4.93. The molecule has 2 bridgehead atoms. The molecule has 3 saturated carbocycles. The van der Waals surface area contributed by atoms with Crippen LogP contribution in [0.25, 0.3) is 0 Å². The van der Waals surface area contributed by atoms with Crippen LogP contribution in [0.3, 0.4) is 0 Å². The molecule has 3 aliphatic rings. The lowest BCUT2D eigenvalue weighted by Gasteiger charge is -2.52. The summed E-state index contributed by atoms with van der Waals surface area (Å²) >= 11 is 0. The van der Waals surface area contributed by atoms with Crippen molar-refractivity contribution in [2.75, 3.05) is 6.61 Å². The van der Waals surface area contributed by atoms with E-state index in [4.69, 9.17) is 9.47 Å². The molecule has 150 valence electrons. The molecule has 3 nitrogen and oxygen atoms in total. The van der Waals surface area contributed by atoms with E-state index in [0.717, 1.165) is 37.9 Å². The SMILES string of the molecule is CCCCCC12CCC(C(=O)Oc3ccc(COCCC)cc3)(CC1)CC2. The van der Waals surface area contributed by atoms with Gasteiger partial charge in [-0.25, -0.2) is 0 Å². The van der Waals surface area contributed by atoms with Crippen molar-refractivity contribution in [2.45, 2.75) is 91.1 Å². The number of ether oxygens (including phenoxy) is 2. The van der Waals surface area contributed by atoms with Crippen molar-refractivity contribution < 1.29 is 14.3 Å². The lowest BCUT2D eigenvalue weighted by atomic mass is 9.52. The number of carbonyl (C=O) groups excluding carboxylic acids is 1. The van der Waals surface area contributed by atoms with Crippen molar-refractivity contribution in [2.24, 2.45) is 10.8 Å². The summed E-state index contributed by atoms with van der Waals surface area (Å²) in [6.07, 6.45) is 13.0. The van der Waals surface area contributed by atoms with Crippen molar-refractivity contribution >= 4 is 5.97 Å². The Morgan fingerprint density at radius 2 is 1.59 bits per heavy atom. The molecule has 3 aliphatic carbocycles. The van der Waals surface area contributed by atoms with Crippen LogP contribution in [0.15, 0.2) is 24.3 Å². The molecular formula is C24H36O3. The van der Waals surface area contributed by atoms with E-state index in [9.17, 15) is 4.79 Å². The Kier molecular flexibility index (Phi) is 6.97. The Bertz CT molecular complexity index is 580. The van der Waals surface area contributed by atoms with E-state index >= 15 is 0 Å². The van der Waals surface area contributed by atoms with Gasteiger partial charge in [0.2, 0.25) is 0 Å². The molecule has 0 heterocycles. The van der Waals surface area contributed by atoms with Crippen LogP contribution < -0.4 is 4.74 Å².